The molecule has 3 aromatic rings. The summed E-state index contributed by atoms with van der Waals surface area (Å²) in [6.07, 6.45) is -2.56. The molecule has 0 atom stereocenters. The monoisotopic (exact) mass is 549 g/mol. The summed E-state index contributed by atoms with van der Waals surface area (Å²) in [5.41, 5.74) is 3.05. The zero-order chi connectivity index (χ0) is 27.4. The summed E-state index contributed by atoms with van der Waals surface area (Å²) in [6, 6.07) is 10.6. The minimum atomic E-state index is -4.88. The molecule has 8 nitrogen and oxygen atoms in total. The van der Waals surface area contributed by atoms with E-state index in [1.807, 2.05) is 19.1 Å². The fourth-order valence-corrected chi connectivity index (χ4v) is 4.34. The molecule has 0 spiro atoms. The van der Waals surface area contributed by atoms with Crippen molar-refractivity contribution in [2.75, 3.05) is 37.9 Å². The van der Waals surface area contributed by atoms with E-state index in [1.165, 1.54) is 7.11 Å². The van der Waals surface area contributed by atoms with Crippen LogP contribution < -0.4 is 20.1 Å². The lowest BCUT2D eigenvalue weighted by Crippen LogP contribution is -2.47. The summed E-state index contributed by atoms with van der Waals surface area (Å²) in [6.45, 7) is 1.86. The van der Waals surface area contributed by atoms with Crippen molar-refractivity contribution in [1.82, 2.24) is 14.9 Å². The highest BCUT2D eigenvalue weighted by atomic mass is 35.5. The van der Waals surface area contributed by atoms with Crippen LogP contribution in [0.15, 0.2) is 42.6 Å². The molecule has 1 aliphatic heterocycles. The number of aryl methyl sites for hydroxylation is 1. The molecule has 0 aliphatic carbocycles. The van der Waals surface area contributed by atoms with Crippen molar-refractivity contribution in [3.8, 4) is 22.6 Å². The number of hydrogen-bond donors (Lipinski definition) is 2. The molecular formula is C26H27ClF3N5O3. The molecule has 0 unspecified atom stereocenters. The maximum Gasteiger partial charge on any atom is 0.471 e. The zero-order valence-corrected chi connectivity index (χ0v) is 21.8. The number of carbonyl (C=O) groups excluding carboxylic acids is 1. The predicted molar refractivity (Wildman–Crippen MR) is 139 cm³/mol. The minimum absolute atomic E-state index is 0.0120. The molecule has 2 N–H and O–H groups in total. The van der Waals surface area contributed by atoms with Crippen LogP contribution in [-0.4, -0.2) is 60.3 Å². The number of rotatable bonds is 7. The molecule has 0 bridgehead atoms. The maximum absolute atomic E-state index is 12.8. The summed E-state index contributed by atoms with van der Waals surface area (Å²) in [4.78, 5) is 21.6. The van der Waals surface area contributed by atoms with E-state index in [2.05, 4.69) is 20.6 Å². The number of hydrogen-bond acceptors (Lipinski definition) is 7. The first-order valence-corrected chi connectivity index (χ1v) is 12.2. The van der Waals surface area contributed by atoms with Crippen molar-refractivity contribution in [3.63, 3.8) is 0 Å². The summed E-state index contributed by atoms with van der Waals surface area (Å²) in [5.74, 6) is 0.0800. The van der Waals surface area contributed by atoms with Gasteiger partial charge in [0.2, 0.25) is 5.95 Å². The van der Waals surface area contributed by atoms with Gasteiger partial charge in [0.05, 0.1) is 14.2 Å². The average molecular weight is 550 g/mol. The Labute approximate surface area is 223 Å². The first-order chi connectivity index (χ1) is 18.1. The lowest BCUT2D eigenvalue weighted by atomic mass is 10.0. The first-order valence-electron chi connectivity index (χ1n) is 11.8. The van der Waals surface area contributed by atoms with Gasteiger partial charge in [0.25, 0.3) is 0 Å². The van der Waals surface area contributed by atoms with Gasteiger partial charge < -0.3 is 25.0 Å². The number of nitrogens with zero attached hydrogens (tertiary/aromatic N) is 3. The van der Waals surface area contributed by atoms with Crippen LogP contribution in [0.2, 0.25) is 5.02 Å². The molecule has 38 heavy (non-hydrogen) atoms. The summed E-state index contributed by atoms with van der Waals surface area (Å²) < 4.78 is 49.3. The number of alkyl halides is 3. The third kappa shape index (κ3) is 6.21. The molecule has 1 aliphatic rings. The maximum atomic E-state index is 12.8. The number of likely N-dealkylation sites (tertiary alicyclic amines) is 1. The molecule has 12 heteroatoms. The average Bonchev–Trinajstić information content (AvgIpc) is 2.90. The molecule has 4 rings (SSSR count). The number of nitrogens with one attached hydrogen (secondary N) is 2. The third-order valence-corrected chi connectivity index (χ3v) is 6.69. The van der Waals surface area contributed by atoms with Gasteiger partial charge in [0.1, 0.15) is 5.82 Å². The molecule has 1 aromatic heterocycles. The number of piperidine rings is 1. The van der Waals surface area contributed by atoms with E-state index in [1.54, 1.807) is 37.6 Å². The molecule has 2 aromatic carbocycles. The van der Waals surface area contributed by atoms with E-state index < -0.39 is 12.1 Å². The van der Waals surface area contributed by atoms with Gasteiger partial charge in [-0.2, -0.15) is 18.2 Å². The number of halogens is 4. The Morgan fingerprint density at radius 1 is 1.08 bits per heavy atom. The van der Waals surface area contributed by atoms with Gasteiger partial charge in [-0.15, -0.1) is 0 Å². The van der Waals surface area contributed by atoms with Crippen LogP contribution in [0.25, 0.3) is 11.1 Å². The molecule has 0 saturated carbocycles. The SMILES string of the molecule is COc1ccc(-c2cnc(Nc3ccc(Cl)c(C)c3)nc2NC2CCN(C(=O)C(F)(F)F)CC2)cc1OC. The van der Waals surface area contributed by atoms with Crippen LogP contribution >= 0.6 is 11.6 Å². The Morgan fingerprint density at radius 2 is 1.79 bits per heavy atom. The van der Waals surface area contributed by atoms with Crippen molar-refractivity contribution in [2.24, 2.45) is 0 Å². The number of benzene rings is 2. The Balaban J connectivity index is 1.62. The molecule has 1 fully saturated rings. The van der Waals surface area contributed by atoms with Gasteiger partial charge >= 0.3 is 12.1 Å². The normalized spacial score (nSPS) is 14.2. The van der Waals surface area contributed by atoms with Crippen molar-refractivity contribution in [1.29, 1.82) is 0 Å². The van der Waals surface area contributed by atoms with Crippen LogP contribution in [0.3, 0.4) is 0 Å². The van der Waals surface area contributed by atoms with E-state index in [0.717, 1.165) is 21.7 Å². The topological polar surface area (TPSA) is 88.6 Å². The van der Waals surface area contributed by atoms with Crippen molar-refractivity contribution >= 4 is 35.0 Å². The van der Waals surface area contributed by atoms with E-state index >= 15 is 0 Å². The molecule has 1 saturated heterocycles. The number of methoxy groups -OCH3 is 2. The van der Waals surface area contributed by atoms with Gasteiger partial charge in [-0.05, 0) is 61.2 Å². The van der Waals surface area contributed by atoms with Gasteiger partial charge in [-0.1, -0.05) is 17.7 Å². The molecule has 202 valence electrons. The molecule has 2 heterocycles. The number of anilines is 3. The van der Waals surface area contributed by atoms with Crippen LogP contribution in [0.5, 0.6) is 11.5 Å². The largest absolute Gasteiger partial charge is 0.493 e. The fourth-order valence-electron chi connectivity index (χ4n) is 4.22. The predicted octanol–water partition coefficient (Wildman–Crippen LogP) is 5.83. The lowest BCUT2D eigenvalue weighted by molar-refractivity contribution is -0.186. The van der Waals surface area contributed by atoms with Crippen LogP contribution in [-0.2, 0) is 4.79 Å². The number of ether oxygens (including phenoxy) is 2. The molecule has 1 amide bonds. The highest BCUT2D eigenvalue weighted by Gasteiger charge is 2.43. The summed E-state index contributed by atoms with van der Waals surface area (Å²) >= 11 is 6.13. The van der Waals surface area contributed by atoms with Gasteiger partial charge in [-0.3, -0.25) is 4.79 Å². The van der Waals surface area contributed by atoms with Gasteiger partial charge in [0, 0.05) is 41.6 Å². The quantitative estimate of drug-likeness (QED) is 0.383. The van der Waals surface area contributed by atoms with E-state index in [-0.39, 0.29) is 19.1 Å². The second-order valence-corrected chi connectivity index (χ2v) is 9.23. The Bertz CT molecular complexity index is 1310. The van der Waals surface area contributed by atoms with Crippen molar-refractivity contribution < 1.29 is 27.4 Å². The summed E-state index contributed by atoms with van der Waals surface area (Å²) in [5, 5.41) is 7.16. The highest BCUT2D eigenvalue weighted by Crippen LogP contribution is 2.36. The number of aromatic nitrogens is 2. The third-order valence-electron chi connectivity index (χ3n) is 6.26. The standard InChI is InChI=1S/C26H27ClF3N5O3/c1-15-12-18(5-6-20(15)27)33-25-31-14-19(16-4-7-21(37-2)22(13-16)38-3)23(34-25)32-17-8-10-35(11-9-17)24(36)26(28,29)30/h4-7,12-14,17H,8-11H2,1-3H3,(H2,31,32,33,34). The first kappa shape index (κ1) is 27.3. The second-order valence-electron chi connectivity index (χ2n) is 8.82. The number of carbonyl (C=O) groups is 1. The Morgan fingerprint density at radius 3 is 2.42 bits per heavy atom. The Hall–Kier alpha value is -3.73. The second kappa shape index (κ2) is 11.3. The van der Waals surface area contributed by atoms with E-state index in [0.29, 0.717) is 46.7 Å². The molecular weight excluding hydrogens is 523 g/mol. The summed E-state index contributed by atoms with van der Waals surface area (Å²) in [7, 11) is 3.08. The van der Waals surface area contributed by atoms with Crippen LogP contribution in [0, 0.1) is 6.92 Å². The lowest BCUT2D eigenvalue weighted by Gasteiger charge is -2.33. The smallest absolute Gasteiger partial charge is 0.471 e. The van der Waals surface area contributed by atoms with Crippen molar-refractivity contribution in [3.05, 3.63) is 53.2 Å². The van der Waals surface area contributed by atoms with E-state index in [4.69, 9.17) is 21.1 Å². The zero-order valence-electron chi connectivity index (χ0n) is 21.0. The Kier molecular flexibility index (Phi) is 8.15. The number of amides is 1. The van der Waals surface area contributed by atoms with Crippen molar-refractivity contribution in [2.45, 2.75) is 32.0 Å². The highest BCUT2D eigenvalue weighted by molar-refractivity contribution is 6.31. The fraction of sp³-hybridized carbons (Fsp3) is 0.346. The van der Waals surface area contributed by atoms with Crippen LogP contribution in [0.1, 0.15) is 18.4 Å². The van der Waals surface area contributed by atoms with Gasteiger partial charge in [-0.25, -0.2) is 4.98 Å². The molecule has 0 radical (unpaired) electrons. The minimum Gasteiger partial charge on any atom is -0.493 e. The van der Waals surface area contributed by atoms with Crippen LogP contribution in [0.4, 0.5) is 30.6 Å². The van der Waals surface area contributed by atoms with E-state index in [9.17, 15) is 18.0 Å². The van der Waals surface area contributed by atoms with Gasteiger partial charge in [0.15, 0.2) is 11.5 Å².